The second-order valence-electron chi connectivity index (χ2n) is 8.44. The molecule has 3 nitrogen and oxygen atoms in total. The van der Waals surface area contributed by atoms with Crippen molar-refractivity contribution in [3.8, 4) is 0 Å². The lowest BCUT2D eigenvalue weighted by Crippen LogP contribution is -2.52. The number of likely N-dealkylation sites (tertiary alicyclic amines) is 1. The van der Waals surface area contributed by atoms with Crippen LogP contribution < -0.4 is 0 Å². The van der Waals surface area contributed by atoms with E-state index < -0.39 is 5.60 Å². The van der Waals surface area contributed by atoms with Crippen molar-refractivity contribution >= 4 is 0 Å². The van der Waals surface area contributed by atoms with Gasteiger partial charge in [-0.1, -0.05) is 68.4 Å². The molecule has 0 aromatic heterocycles. The first kappa shape index (κ1) is 19.6. The van der Waals surface area contributed by atoms with Gasteiger partial charge in [-0.25, -0.2) is 0 Å². The highest BCUT2D eigenvalue weighted by molar-refractivity contribution is 5.50. The smallest absolute Gasteiger partial charge is 0.135 e. The van der Waals surface area contributed by atoms with Crippen LogP contribution in [0.2, 0.25) is 0 Å². The van der Waals surface area contributed by atoms with Gasteiger partial charge in [0.25, 0.3) is 0 Å². The molecule has 2 aliphatic rings. The zero-order valence-electron chi connectivity index (χ0n) is 17.8. The molecule has 150 valence electrons. The molecule has 28 heavy (non-hydrogen) atoms. The fourth-order valence-corrected chi connectivity index (χ4v) is 5.45. The molecular formula is C25H34N2O. The zero-order chi connectivity index (χ0) is 19.8. The summed E-state index contributed by atoms with van der Waals surface area (Å²) in [4.78, 5) is 4.96. The predicted molar refractivity (Wildman–Crippen MR) is 116 cm³/mol. The largest absolute Gasteiger partial charge is 0.353 e. The van der Waals surface area contributed by atoms with E-state index in [1.54, 1.807) is 0 Å². The van der Waals surface area contributed by atoms with Crippen molar-refractivity contribution in [2.24, 2.45) is 0 Å². The van der Waals surface area contributed by atoms with Gasteiger partial charge in [0.2, 0.25) is 0 Å². The summed E-state index contributed by atoms with van der Waals surface area (Å²) < 4.78 is 7.36. The molecule has 1 fully saturated rings. The van der Waals surface area contributed by atoms with Crippen LogP contribution in [-0.4, -0.2) is 49.1 Å². The number of benzene rings is 2. The maximum absolute atomic E-state index is 7.36. The van der Waals surface area contributed by atoms with Crippen molar-refractivity contribution in [2.45, 2.75) is 50.9 Å². The summed E-state index contributed by atoms with van der Waals surface area (Å²) in [5.74, 6) is 0. The van der Waals surface area contributed by atoms with Crippen LogP contribution in [0.3, 0.4) is 0 Å². The zero-order valence-corrected chi connectivity index (χ0v) is 17.8. The summed E-state index contributed by atoms with van der Waals surface area (Å²) in [7, 11) is 2.22. The fourth-order valence-electron chi connectivity index (χ4n) is 5.45. The number of piperidine rings is 1. The maximum Gasteiger partial charge on any atom is 0.135 e. The number of likely N-dealkylation sites (N-methyl/N-ethyl adjacent to an activating group) is 1. The first-order valence-corrected chi connectivity index (χ1v) is 10.9. The Hall–Kier alpha value is -1.68. The Morgan fingerprint density at radius 2 is 1.50 bits per heavy atom. The van der Waals surface area contributed by atoms with E-state index in [0.717, 1.165) is 39.0 Å². The van der Waals surface area contributed by atoms with Gasteiger partial charge in [0.05, 0.1) is 5.60 Å². The van der Waals surface area contributed by atoms with Crippen molar-refractivity contribution in [3.63, 3.8) is 0 Å². The SMILES string of the molecule is CCN(CC)C(C)C1(c2ccccc2)OC2(CCN(C)CC2)c2ccccc21. The van der Waals surface area contributed by atoms with Crippen LogP contribution in [-0.2, 0) is 15.9 Å². The Morgan fingerprint density at radius 1 is 0.929 bits per heavy atom. The molecule has 2 heterocycles. The van der Waals surface area contributed by atoms with E-state index in [2.05, 4.69) is 92.2 Å². The van der Waals surface area contributed by atoms with Crippen LogP contribution in [0.4, 0.5) is 0 Å². The maximum atomic E-state index is 7.36. The fraction of sp³-hybridized carbons (Fsp3) is 0.520. The minimum Gasteiger partial charge on any atom is -0.353 e. The van der Waals surface area contributed by atoms with E-state index in [0.29, 0.717) is 0 Å². The Labute approximate surface area is 170 Å². The molecule has 0 aliphatic carbocycles. The second kappa shape index (κ2) is 7.62. The van der Waals surface area contributed by atoms with E-state index in [1.807, 2.05) is 0 Å². The van der Waals surface area contributed by atoms with Gasteiger partial charge >= 0.3 is 0 Å². The number of ether oxygens (including phenoxy) is 1. The van der Waals surface area contributed by atoms with Gasteiger partial charge in [-0.2, -0.15) is 0 Å². The highest BCUT2D eigenvalue weighted by atomic mass is 16.5. The molecule has 0 radical (unpaired) electrons. The van der Waals surface area contributed by atoms with Crippen LogP contribution in [0.5, 0.6) is 0 Å². The molecule has 0 amide bonds. The standard InChI is InChI=1S/C25H34N2O/c1-5-27(6-2)20(3)25(21-12-8-7-9-13-21)23-15-11-10-14-22(23)24(28-25)16-18-26(4)19-17-24/h7-15,20H,5-6,16-19H2,1-4H3. The second-order valence-corrected chi connectivity index (χ2v) is 8.44. The van der Waals surface area contributed by atoms with Gasteiger partial charge in [0.1, 0.15) is 5.60 Å². The van der Waals surface area contributed by atoms with Gasteiger partial charge in [-0.05, 0) is 56.6 Å². The average molecular weight is 379 g/mol. The summed E-state index contributed by atoms with van der Waals surface area (Å²) >= 11 is 0. The topological polar surface area (TPSA) is 15.7 Å². The van der Waals surface area contributed by atoms with Crippen molar-refractivity contribution in [2.75, 3.05) is 33.2 Å². The molecule has 4 rings (SSSR count). The summed E-state index contributed by atoms with van der Waals surface area (Å²) in [6.45, 7) is 11.1. The predicted octanol–water partition coefficient (Wildman–Crippen LogP) is 4.61. The van der Waals surface area contributed by atoms with Crippen molar-refractivity contribution < 1.29 is 4.74 Å². The van der Waals surface area contributed by atoms with E-state index in [-0.39, 0.29) is 11.6 Å². The molecule has 2 aliphatic heterocycles. The van der Waals surface area contributed by atoms with Gasteiger partial charge in [0.15, 0.2) is 0 Å². The lowest BCUT2D eigenvalue weighted by molar-refractivity contribution is -0.170. The molecule has 1 spiro atoms. The third-order valence-electron chi connectivity index (χ3n) is 7.12. The molecule has 0 saturated carbocycles. The highest BCUT2D eigenvalue weighted by Crippen LogP contribution is 2.56. The molecule has 1 saturated heterocycles. The Kier molecular flexibility index (Phi) is 5.34. The molecule has 0 N–H and O–H groups in total. The van der Waals surface area contributed by atoms with Crippen LogP contribution in [0.1, 0.15) is 50.3 Å². The minimum atomic E-state index is -0.431. The number of nitrogens with zero attached hydrogens (tertiary/aromatic N) is 2. The van der Waals surface area contributed by atoms with E-state index in [9.17, 15) is 0 Å². The first-order valence-electron chi connectivity index (χ1n) is 10.9. The molecular weight excluding hydrogens is 344 g/mol. The quantitative estimate of drug-likeness (QED) is 0.755. The number of hydrogen-bond acceptors (Lipinski definition) is 3. The normalized spacial score (nSPS) is 25.2. The minimum absolute atomic E-state index is 0.180. The van der Waals surface area contributed by atoms with Crippen LogP contribution in [0, 0.1) is 0 Å². The van der Waals surface area contributed by atoms with Crippen LogP contribution in [0.25, 0.3) is 0 Å². The highest BCUT2D eigenvalue weighted by Gasteiger charge is 2.57. The summed E-state index contributed by atoms with van der Waals surface area (Å²) in [5.41, 5.74) is 3.44. The monoisotopic (exact) mass is 378 g/mol. The summed E-state index contributed by atoms with van der Waals surface area (Å²) in [5, 5.41) is 0. The van der Waals surface area contributed by atoms with Crippen molar-refractivity contribution in [1.29, 1.82) is 0 Å². The Bertz CT molecular complexity index is 793. The molecule has 2 unspecified atom stereocenters. The van der Waals surface area contributed by atoms with E-state index in [1.165, 1.54) is 16.7 Å². The lowest BCUT2D eigenvalue weighted by Gasteiger charge is -2.46. The number of fused-ring (bicyclic) bond motifs is 2. The molecule has 3 heteroatoms. The van der Waals surface area contributed by atoms with Gasteiger partial charge in [-0.15, -0.1) is 0 Å². The summed E-state index contributed by atoms with van der Waals surface area (Å²) in [6, 6.07) is 20.2. The van der Waals surface area contributed by atoms with Crippen molar-refractivity contribution in [3.05, 3.63) is 71.3 Å². The molecule has 2 atom stereocenters. The van der Waals surface area contributed by atoms with Gasteiger partial charge < -0.3 is 9.64 Å². The number of hydrogen-bond donors (Lipinski definition) is 0. The van der Waals surface area contributed by atoms with Gasteiger partial charge in [-0.3, -0.25) is 4.90 Å². The Morgan fingerprint density at radius 3 is 2.11 bits per heavy atom. The lowest BCUT2D eigenvalue weighted by atomic mass is 9.77. The molecule has 2 aromatic carbocycles. The average Bonchev–Trinajstić information content (AvgIpc) is 3.03. The van der Waals surface area contributed by atoms with Crippen LogP contribution in [0.15, 0.2) is 54.6 Å². The first-order chi connectivity index (χ1) is 13.6. The Balaban J connectivity index is 1.92. The van der Waals surface area contributed by atoms with Crippen LogP contribution >= 0.6 is 0 Å². The third-order valence-corrected chi connectivity index (χ3v) is 7.12. The van der Waals surface area contributed by atoms with E-state index >= 15 is 0 Å². The molecule has 2 aromatic rings. The number of rotatable bonds is 5. The summed E-state index contributed by atoms with van der Waals surface area (Å²) in [6.07, 6.45) is 2.11. The third kappa shape index (κ3) is 2.92. The van der Waals surface area contributed by atoms with E-state index in [4.69, 9.17) is 4.74 Å². The molecule has 0 bridgehead atoms. The van der Waals surface area contributed by atoms with Gasteiger partial charge in [0, 0.05) is 19.1 Å². The van der Waals surface area contributed by atoms with Crippen molar-refractivity contribution in [1.82, 2.24) is 9.80 Å².